The lowest BCUT2D eigenvalue weighted by Gasteiger charge is -2.06. The second-order valence-electron chi connectivity index (χ2n) is 3.42. The zero-order valence-electron chi connectivity index (χ0n) is 9.59. The van der Waals surface area contributed by atoms with Gasteiger partial charge < -0.3 is 5.32 Å². The summed E-state index contributed by atoms with van der Waals surface area (Å²) >= 11 is 2.07. The molecular weight excluding hydrogens is 351 g/mol. The Morgan fingerprint density at radius 2 is 2.22 bits per heavy atom. The Labute approximate surface area is 116 Å². The number of aromatic nitrogens is 4. The molecule has 0 aliphatic heterocycles. The summed E-state index contributed by atoms with van der Waals surface area (Å²) in [6.45, 7) is 1.57. The number of nitro groups is 1. The van der Waals surface area contributed by atoms with Crippen molar-refractivity contribution in [3.05, 3.63) is 31.8 Å². The molecule has 2 rings (SSSR count). The van der Waals surface area contributed by atoms with Crippen LogP contribution < -0.4 is 5.32 Å². The second kappa shape index (κ2) is 4.84. The highest BCUT2D eigenvalue weighted by Gasteiger charge is 2.23. The van der Waals surface area contributed by atoms with E-state index in [0.29, 0.717) is 11.6 Å². The normalized spacial score (nSPS) is 10.4. The number of rotatable bonds is 3. The van der Waals surface area contributed by atoms with Crippen LogP contribution in [0.3, 0.4) is 0 Å². The van der Waals surface area contributed by atoms with Gasteiger partial charge in [-0.25, -0.2) is 9.67 Å². The highest BCUT2D eigenvalue weighted by atomic mass is 127. The fourth-order valence-corrected chi connectivity index (χ4v) is 1.84. The quantitative estimate of drug-likeness (QED) is 0.506. The van der Waals surface area contributed by atoms with Crippen molar-refractivity contribution in [2.45, 2.75) is 6.92 Å². The number of nitrogens with one attached hydrogen (secondary N) is 1. The van der Waals surface area contributed by atoms with E-state index in [1.54, 1.807) is 26.4 Å². The maximum absolute atomic E-state index is 11.1. The van der Waals surface area contributed by atoms with Gasteiger partial charge in [0.05, 0.1) is 14.7 Å². The van der Waals surface area contributed by atoms with Crippen LogP contribution in [0.1, 0.15) is 5.69 Å². The molecule has 0 fully saturated rings. The van der Waals surface area contributed by atoms with Crippen LogP contribution in [0.5, 0.6) is 0 Å². The van der Waals surface area contributed by atoms with Gasteiger partial charge in [0.25, 0.3) is 0 Å². The number of halogens is 1. The van der Waals surface area contributed by atoms with Crippen LogP contribution in [0.2, 0.25) is 0 Å². The number of hydrogen-bond acceptors (Lipinski definition) is 6. The number of hydrogen-bond donors (Lipinski definition) is 1. The average Bonchev–Trinajstić information content (AvgIpc) is 2.74. The molecular formula is C9H9IN6O2. The minimum absolute atomic E-state index is 0.145. The molecule has 0 unspecified atom stereocenters. The molecule has 1 N–H and O–H groups in total. The molecule has 0 amide bonds. The SMILES string of the molecule is CNc1nc(C)c([N+](=O)[O-])c(-n2cc(I)cn2)n1. The topological polar surface area (TPSA) is 98.8 Å². The van der Waals surface area contributed by atoms with E-state index >= 15 is 0 Å². The summed E-state index contributed by atoms with van der Waals surface area (Å²) in [5.41, 5.74) is 0.147. The average molecular weight is 360 g/mol. The van der Waals surface area contributed by atoms with Crippen molar-refractivity contribution in [1.29, 1.82) is 0 Å². The number of aryl methyl sites for hydroxylation is 1. The van der Waals surface area contributed by atoms with Gasteiger partial charge in [0.1, 0.15) is 5.69 Å². The first-order valence-electron chi connectivity index (χ1n) is 4.94. The fraction of sp³-hybridized carbons (Fsp3) is 0.222. The van der Waals surface area contributed by atoms with Crippen LogP contribution in [-0.2, 0) is 0 Å². The Morgan fingerprint density at radius 1 is 1.50 bits per heavy atom. The first-order chi connectivity index (χ1) is 8.52. The lowest BCUT2D eigenvalue weighted by molar-refractivity contribution is -0.385. The highest BCUT2D eigenvalue weighted by molar-refractivity contribution is 14.1. The summed E-state index contributed by atoms with van der Waals surface area (Å²) < 4.78 is 2.24. The fourth-order valence-electron chi connectivity index (χ4n) is 1.45. The van der Waals surface area contributed by atoms with Crippen LogP contribution in [0.25, 0.3) is 5.82 Å². The summed E-state index contributed by atoms with van der Waals surface area (Å²) in [5, 5.41) is 17.9. The maximum atomic E-state index is 11.1. The molecule has 18 heavy (non-hydrogen) atoms. The highest BCUT2D eigenvalue weighted by Crippen LogP contribution is 2.25. The summed E-state index contributed by atoms with van der Waals surface area (Å²) in [6.07, 6.45) is 3.26. The predicted octanol–water partition coefficient (Wildman–Crippen LogP) is 1.53. The Kier molecular flexibility index (Phi) is 3.41. The van der Waals surface area contributed by atoms with Crippen molar-refractivity contribution in [2.24, 2.45) is 0 Å². The van der Waals surface area contributed by atoms with Gasteiger partial charge in [0, 0.05) is 13.2 Å². The first-order valence-corrected chi connectivity index (χ1v) is 6.02. The largest absolute Gasteiger partial charge is 0.357 e. The van der Waals surface area contributed by atoms with Gasteiger partial charge in [-0.05, 0) is 29.5 Å². The molecule has 8 nitrogen and oxygen atoms in total. The van der Waals surface area contributed by atoms with Gasteiger partial charge in [0.15, 0.2) is 0 Å². The van der Waals surface area contributed by atoms with Gasteiger partial charge in [-0.1, -0.05) is 0 Å². The Morgan fingerprint density at radius 3 is 2.72 bits per heavy atom. The van der Waals surface area contributed by atoms with E-state index in [-0.39, 0.29) is 11.5 Å². The maximum Gasteiger partial charge on any atom is 0.334 e. The summed E-state index contributed by atoms with van der Waals surface area (Å²) in [5.74, 6) is 0.471. The summed E-state index contributed by atoms with van der Waals surface area (Å²) in [4.78, 5) is 18.7. The van der Waals surface area contributed by atoms with Crippen molar-refractivity contribution in [3.63, 3.8) is 0 Å². The van der Waals surface area contributed by atoms with Crippen molar-refractivity contribution in [2.75, 3.05) is 12.4 Å². The van der Waals surface area contributed by atoms with Crippen molar-refractivity contribution < 1.29 is 4.92 Å². The molecule has 0 bridgehead atoms. The van der Waals surface area contributed by atoms with E-state index in [1.165, 1.54) is 4.68 Å². The third kappa shape index (κ3) is 2.25. The molecule has 2 aromatic rings. The Balaban J connectivity index is 2.70. The molecule has 0 spiro atoms. The Bertz CT molecular complexity index is 611. The molecule has 0 aliphatic rings. The van der Waals surface area contributed by atoms with E-state index in [9.17, 15) is 10.1 Å². The minimum Gasteiger partial charge on any atom is -0.357 e. The van der Waals surface area contributed by atoms with Crippen molar-refractivity contribution in [1.82, 2.24) is 19.7 Å². The molecule has 0 aliphatic carbocycles. The molecule has 0 aromatic carbocycles. The smallest absolute Gasteiger partial charge is 0.334 e. The molecule has 0 saturated carbocycles. The zero-order chi connectivity index (χ0) is 13.3. The molecule has 9 heteroatoms. The zero-order valence-corrected chi connectivity index (χ0v) is 11.7. The predicted molar refractivity (Wildman–Crippen MR) is 72.8 cm³/mol. The van der Waals surface area contributed by atoms with Crippen molar-refractivity contribution in [3.8, 4) is 5.82 Å². The minimum atomic E-state index is -0.501. The van der Waals surface area contributed by atoms with Crippen LogP contribution in [-0.4, -0.2) is 31.7 Å². The number of anilines is 1. The van der Waals surface area contributed by atoms with Gasteiger partial charge in [-0.3, -0.25) is 10.1 Å². The molecule has 0 saturated heterocycles. The third-order valence-corrected chi connectivity index (χ3v) is 2.77. The summed E-state index contributed by atoms with van der Waals surface area (Å²) in [7, 11) is 1.65. The molecule has 94 valence electrons. The van der Waals surface area contributed by atoms with Crippen LogP contribution >= 0.6 is 22.6 Å². The monoisotopic (exact) mass is 360 g/mol. The molecule has 2 aromatic heterocycles. The lowest BCUT2D eigenvalue weighted by Crippen LogP contribution is -2.09. The summed E-state index contributed by atoms with van der Waals surface area (Å²) in [6, 6.07) is 0. The lowest BCUT2D eigenvalue weighted by atomic mass is 10.3. The number of nitrogens with zero attached hydrogens (tertiary/aromatic N) is 5. The van der Waals surface area contributed by atoms with Gasteiger partial charge in [0.2, 0.25) is 11.8 Å². The van der Waals surface area contributed by atoms with Gasteiger partial charge in [-0.15, -0.1) is 0 Å². The first kappa shape index (κ1) is 12.7. The molecule has 2 heterocycles. The molecule has 0 atom stereocenters. The van der Waals surface area contributed by atoms with E-state index < -0.39 is 4.92 Å². The van der Waals surface area contributed by atoms with E-state index in [4.69, 9.17) is 0 Å². The van der Waals surface area contributed by atoms with Gasteiger partial charge >= 0.3 is 5.69 Å². The second-order valence-corrected chi connectivity index (χ2v) is 4.66. The Hall–Kier alpha value is -1.78. The van der Waals surface area contributed by atoms with E-state index in [1.807, 2.05) is 0 Å². The molecule has 0 radical (unpaired) electrons. The van der Waals surface area contributed by atoms with Crippen LogP contribution in [0.4, 0.5) is 11.6 Å². The standard InChI is InChI=1S/C9H9IN6O2/c1-5-7(16(17)18)8(14-9(11-2)13-5)15-4-6(10)3-12-15/h3-4H,1-2H3,(H,11,13,14). The van der Waals surface area contributed by atoms with E-state index in [2.05, 4.69) is 43.0 Å². The van der Waals surface area contributed by atoms with Crippen LogP contribution in [0.15, 0.2) is 12.4 Å². The third-order valence-electron chi connectivity index (χ3n) is 2.21. The van der Waals surface area contributed by atoms with Crippen LogP contribution in [0, 0.1) is 20.6 Å². The van der Waals surface area contributed by atoms with Crippen molar-refractivity contribution >= 4 is 34.2 Å². The van der Waals surface area contributed by atoms with E-state index in [0.717, 1.165) is 3.57 Å². The van der Waals surface area contributed by atoms with Gasteiger partial charge in [-0.2, -0.15) is 10.1 Å².